The SMILES string of the molecule is CCN(Cc1ccc(Br)cc1)C(=O)[C@@H]1CCCN(C(=O)OC(C)(C)C)C1. The fourth-order valence-corrected chi connectivity index (χ4v) is 3.35. The molecule has 26 heavy (non-hydrogen) atoms. The summed E-state index contributed by atoms with van der Waals surface area (Å²) in [4.78, 5) is 28.8. The summed E-state index contributed by atoms with van der Waals surface area (Å²) in [7, 11) is 0. The average Bonchev–Trinajstić information content (AvgIpc) is 2.59. The van der Waals surface area contributed by atoms with E-state index >= 15 is 0 Å². The van der Waals surface area contributed by atoms with Gasteiger partial charge in [0.05, 0.1) is 5.92 Å². The van der Waals surface area contributed by atoms with Gasteiger partial charge < -0.3 is 14.5 Å². The standard InChI is InChI=1S/C20H29BrN2O3/c1-5-22(13-15-8-10-17(21)11-9-15)18(24)16-7-6-12-23(14-16)19(25)26-20(2,3)4/h8-11,16H,5-7,12-14H2,1-4H3/t16-/m1/s1. The zero-order chi connectivity index (χ0) is 19.3. The molecule has 1 aromatic rings. The summed E-state index contributed by atoms with van der Waals surface area (Å²) in [6.45, 7) is 9.88. The van der Waals surface area contributed by atoms with Gasteiger partial charge in [0, 0.05) is 30.7 Å². The first-order valence-corrected chi connectivity index (χ1v) is 10.00. The molecule has 1 aliphatic rings. The predicted octanol–water partition coefficient (Wildman–Crippen LogP) is 4.44. The number of rotatable bonds is 4. The van der Waals surface area contributed by atoms with Gasteiger partial charge in [0.15, 0.2) is 0 Å². The van der Waals surface area contributed by atoms with Crippen molar-refractivity contribution in [1.82, 2.24) is 9.80 Å². The van der Waals surface area contributed by atoms with Gasteiger partial charge in [0.1, 0.15) is 5.60 Å². The van der Waals surface area contributed by atoms with Crippen molar-refractivity contribution < 1.29 is 14.3 Å². The lowest BCUT2D eigenvalue weighted by Gasteiger charge is -2.35. The fraction of sp³-hybridized carbons (Fsp3) is 0.600. The van der Waals surface area contributed by atoms with Crippen LogP contribution in [0.2, 0.25) is 0 Å². The molecule has 0 aliphatic carbocycles. The molecule has 144 valence electrons. The molecule has 1 aliphatic heterocycles. The van der Waals surface area contributed by atoms with Gasteiger partial charge in [0.2, 0.25) is 5.91 Å². The van der Waals surface area contributed by atoms with E-state index < -0.39 is 5.60 Å². The molecule has 2 rings (SSSR count). The van der Waals surface area contributed by atoms with Crippen LogP contribution in [0.4, 0.5) is 4.79 Å². The lowest BCUT2D eigenvalue weighted by Crippen LogP contribution is -2.47. The minimum atomic E-state index is -0.523. The van der Waals surface area contributed by atoms with Crippen LogP contribution in [-0.4, -0.2) is 47.0 Å². The first-order chi connectivity index (χ1) is 12.2. The molecule has 1 fully saturated rings. The quantitative estimate of drug-likeness (QED) is 0.717. The summed E-state index contributed by atoms with van der Waals surface area (Å²) in [6.07, 6.45) is 1.31. The second-order valence-corrected chi connectivity index (χ2v) is 8.66. The maximum absolute atomic E-state index is 13.0. The van der Waals surface area contributed by atoms with Gasteiger partial charge in [-0.1, -0.05) is 28.1 Å². The van der Waals surface area contributed by atoms with E-state index in [1.807, 2.05) is 56.9 Å². The molecule has 1 atom stereocenters. The molecular formula is C20H29BrN2O3. The molecular weight excluding hydrogens is 396 g/mol. The van der Waals surface area contributed by atoms with E-state index in [4.69, 9.17) is 4.74 Å². The van der Waals surface area contributed by atoms with E-state index in [1.165, 1.54) is 0 Å². The lowest BCUT2D eigenvalue weighted by atomic mass is 9.96. The Bertz CT molecular complexity index is 625. The van der Waals surface area contributed by atoms with Crippen LogP contribution in [0.25, 0.3) is 0 Å². The number of carbonyl (C=O) groups is 2. The highest BCUT2D eigenvalue weighted by molar-refractivity contribution is 9.10. The zero-order valence-electron chi connectivity index (χ0n) is 16.1. The third-order valence-electron chi connectivity index (χ3n) is 4.40. The van der Waals surface area contributed by atoms with Crippen LogP contribution < -0.4 is 0 Å². The average molecular weight is 425 g/mol. The molecule has 2 amide bonds. The number of hydrogen-bond acceptors (Lipinski definition) is 3. The van der Waals surface area contributed by atoms with Gasteiger partial charge in [-0.3, -0.25) is 4.79 Å². The Morgan fingerprint density at radius 2 is 1.92 bits per heavy atom. The largest absolute Gasteiger partial charge is 0.444 e. The van der Waals surface area contributed by atoms with Crippen LogP contribution in [0.1, 0.15) is 46.1 Å². The number of halogens is 1. The van der Waals surface area contributed by atoms with E-state index in [-0.39, 0.29) is 17.9 Å². The fourth-order valence-electron chi connectivity index (χ4n) is 3.08. The van der Waals surface area contributed by atoms with Crippen molar-refractivity contribution in [3.63, 3.8) is 0 Å². The van der Waals surface area contributed by atoms with E-state index in [2.05, 4.69) is 15.9 Å². The molecule has 5 nitrogen and oxygen atoms in total. The molecule has 0 spiro atoms. The smallest absolute Gasteiger partial charge is 0.410 e. The van der Waals surface area contributed by atoms with Gasteiger partial charge in [-0.05, 0) is 58.2 Å². The van der Waals surface area contributed by atoms with Crippen LogP contribution in [0.3, 0.4) is 0 Å². The summed E-state index contributed by atoms with van der Waals surface area (Å²) in [5, 5.41) is 0. The maximum Gasteiger partial charge on any atom is 0.410 e. The number of amides is 2. The molecule has 0 aromatic heterocycles. The molecule has 6 heteroatoms. The molecule has 0 unspecified atom stereocenters. The Labute approximate surface area is 164 Å². The highest BCUT2D eigenvalue weighted by atomic mass is 79.9. The van der Waals surface area contributed by atoms with Crippen LogP contribution in [-0.2, 0) is 16.1 Å². The van der Waals surface area contributed by atoms with Gasteiger partial charge in [-0.15, -0.1) is 0 Å². The van der Waals surface area contributed by atoms with Crippen LogP contribution in [0.15, 0.2) is 28.7 Å². The Morgan fingerprint density at radius 3 is 2.50 bits per heavy atom. The summed E-state index contributed by atoms with van der Waals surface area (Å²) >= 11 is 3.43. The van der Waals surface area contributed by atoms with Gasteiger partial charge in [0.25, 0.3) is 0 Å². The van der Waals surface area contributed by atoms with Crippen LogP contribution in [0.5, 0.6) is 0 Å². The first kappa shape index (κ1) is 20.7. The molecule has 0 N–H and O–H groups in total. The number of likely N-dealkylation sites (tertiary alicyclic amines) is 1. The summed E-state index contributed by atoms with van der Waals surface area (Å²) in [6, 6.07) is 8.01. The number of nitrogens with zero attached hydrogens (tertiary/aromatic N) is 2. The van der Waals surface area contributed by atoms with Crippen LogP contribution in [0, 0.1) is 5.92 Å². The summed E-state index contributed by atoms with van der Waals surface area (Å²) in [5.74, 6) is -0.0460. The Kier molecular flexibility index (Phi) is 7.09. The third kappa shape index (κ3) is 6.01. The molecule has 0 saturated carbocycles. The van der Waals surface area contributed by atoms with Crippen molar-refractivity contribution in [2.45, 2.75) is 52.7 Å². The lowest BCUT2D eigenvalue weighted by molar-refractivity contribution is -0.137. The van der Waals surface area contributed by atoms with E-state index in [0.717, 1.165) is 22.9 Å². The number of carbonyl (C=O) groups excluding carboxylic acids is 2. The molecule has 1 saturated heterocycles. The normalized spacial score (nSPS) is 17.7. The molecule has 0 bridgehead atoms. The van der Waals surface area contributed by atoms with Gasteiger partial charge in [-0.25, -0.2) is 4.79 Å². The van der Waals surface area contributed by atoms with Crippen molar-refractivity contribution in [2.24, 2.45) is 5.92 Å². The Balaban J connectivity index is 1.99. The number of benzene rings is 1. The summed E-state index contributed by atoms with van der Waals surface area (Å²) in [5.41, 5.74) is 0.577. The Hall–Kier alpha value is -1.56. The second-order valence-electron chi connectivity index (χ2n) is 7.74. The van der Waals surface area contributed by atoms with Crippen molar-refractivity contribution in [1.29, 1.82) is 0 Å². The van der Waals surface area contributed by atoms with Crippen molar-refractivity contribution in [3.05, 3.63) is 34.3 Å². The van der Waals surface area contributed by atoms with Crippen molar-refractivity contribution in [2.75, 3.05) is 19.6 Å². The number of piperidine rings is 1. The zero-order valence-corrected chi connectivity index (χ0v) is 17.7. The highest BCUT2D eigenvalue weighted by Crippen LogP contribution is 2.22. The first-order valence-electron chi connectivity index (χ1n) is 9.20. The van der Waals surface area contributed by atoms with Crippen LogP contribution >= 0.6 is 15.9 Å². The highest BCUT2D eigenvalue weighted by Gasteiger charge is 2.32. The molecule has 1 heterocycles. The molecule has 0 radical (unpaired) electrons. The van der Waals surface area contributed by atoms with Gasteiger partial charge >= 0.3 is 6.09 Å². The Morgan fingerprint density at radius 1 is 1.27 bits per heavy atom. The topological polar surface area (TPSA) is 49.9 Å². The molecule has 1 aromatic carbocycles. The van der Waals surface area contributed by atoms with Crippen molar-refractivity contribution >= 4 is 27.9 Å². The predicted molar refractivity (Wildman–Crippen MR) is 106 cm³/mol. The van der Waals surface area contributed by atoms with Crippen molar-refractivity contribution in [3.8, 4) is 0 Å². The van der Waals surface area contributed by atoms with Gasteiger partial charge in [-0.2, -0.15) is 0 Å². The number of hydrogen-bond donors (Lipinski definition) is 0. The van der Waals surface area contributed by atoms with E-state index in [9.17, 15) is 9.59 Å². The second kappa shape index (κ2) is 8.89. The summed E-state index contributed by atoms with van der Waals surface area (Å²) < 4.78 is 6.48. The third-order valence-corrected chi connectivity index (χ3v) is 4.93. The monoisotopic (exact) mass is 424 g/mol. The van der Waals surface area contributed by atoms with E-state index in [0.29, 0.717) is 26.2 Å². The number of ether oxygens (including phenoxy) is 1. The van der Waals surface area contributed by atoms with E-state index in [1.54, 1.807) is 4.90 Å². The minimum absolute atomic E-state index is 0.115. The maximum atomic E-state index is 13.0. The minimum Gasteiger partial charge on any atom is -0.444 e.